The minimum absolute atomic E-state index is 0.0290. The number of aromatic amines is 1. The number of hydrogen-bond donors (Lipinski definition) is 1. The highest BCUT2D eigenvalue weighted by molar-refractivity contribution is 7.10. The van der Waals surface area contributed by atoms with E-state index in [2.05, 4.69) is 15.2 Å². The largest absolute Gasteiger partial charge is 0.331 e. The zero-order valence-corrected chi connectivity index (χ0v) is 10.8. The molecule has 0 aliphatic heterocycles. The van der Waals surface area contributed by atoms with Gasteiger partial charge in [0.2, 0.25) is 5.82 Å². The van der Waals surface area contributed by atoms with Gasteiger partial charge in [-0.15, -0.1) is 16.4 Å². The van der Waals surface area contributed by atoms with E-state index in [1.54, 1.807) is 30.2 Å². The Bertz CT molecular complexity index is 505. The van der Waals surface area contributed by atoms with Gasteiger partial charge in [-0.2, -0.15) is 0 Å². The minimum Gasteiger partial charge on any atom is -0.331 e. The molecular weight excluding hydrogens is 236 g/mol. The minimum atomic E-state index is -0.171. The number of thiophene rings is 1. The normalized spacial score (nSPS) is 12.4. The number of hydrogen-bond acceptors (Lipinski definition) is 4. The monoisotopic (exact) mass is 250 g/mol. The SMILES string of the molecule is Cc1nc(C(=O)N(C)C(C)c2cccs2)n[nH]1. The molecule has 1 amide bonds. The average Bonchev–Trinajstić information content (AvgIpc) is 2.96. The highest BCUT2D eigenvalue weighted by atomic mass is 32.1. The van der Waals surface area contributed by atoms with Crippen molar-refractivity contribution in [1.82, 2.24) is 20.1 Å². The van der Waals surface area contributed by atoms with Crippen molar-refractivity contribution >= 4 is 17.2 Å². The molecule has 2 rings (SSSR count). The second-order valence-electron chi connectivity index (χ2n) is 3.85. The lowest BCUT2D eigenvalue weighted by molar-refractivity contribution is 0.0733. The van der Waals surface area contributed by atoms with Crippen LogP contribution in [0.1, 0.15) is 34.3 Å². The Morgan fingerprint density at radius 2 is 2.35 bits per heavy atom. The molecule has 1 N–H and O–H groups in total. The summed E-state index contributed by atoms with van der Waals surface area (Å²) in [6.07, 6.45) is 0. The summed E-state index contributed by atoms with van der Waals surface area (Å²) in [5.74, 6) is 0.689. The fourth-order valence-corrected chi connectivity index (χ4v) is 2.32. The number of nitrogens with zero attached hydrogens (tertiary/aromatic N) is 3. The number of amides is 1. The molecule has 0 saturated heterocycles. The molecule has 2 aromatic rings. The van der Waals surface area contributed by atoms with Crippen molar-refractivity contribution in [3.05, 3.63) is 34.0 Å². The zero-order chi connectivity index (χ0) is 12.4. The summed E-state index contributed by atoms with van der Waals surface area (Å²) in [6, 6.07) is 4.02. The summed E-state index contributed by atoms with van der Waals surface area (Å²) in [5, 5.41) is 8.55. The molecule has 1 atom stereocenters. The fourth-order valence-electron chi connectivity index (χ4n) is 1.49. The maximum Gasteiger partial charge on any atom is 0.293 e. The van der Waals surface area contributed by atoms with Gasteiger partial charge in [0.15, 0.2) is 0 Å². The molecular formula is C11H14N4OS. The Kier molecular flexibility index (Phi) is 3.23. The highest BCUT2D eigenvalue weighted by Gasteiger charge is 2.22. The van der Waals surface area contributed by atoms with Crippen molar-refractivity contribution in [2.75, 3.05) is 7.05 Å². The van der Waals surface area contributed by atoms with E-state index in [-0.39, 0.29) is 17.8 Å². The van der Waals surface area contributed by atoms with Crippen LogP contribution in [0.2, 0.25) is 0 Å². The number of aromatic nitrogens is 3. The van der Waals surface area contributed by atoms with E-state index in [9.17, 15) is 4.79 Å². The number of carbonyl (C=O) groups excluding carboxylic acids is 1. The summed E-state index contributed by atoms with van der Waals surface area (Å²) < 4.78 is 0. The van der Waals surface area contributed by atoms with E-state index in [1.807, 2.05) is 24.4 Å². The average molecular weight is 250 g/mol. The Balaban J connectivity index is 2.15. The van der Waals surface area contributed by atoms with Gasteiger partial charge in [0.25, 0.3) is 5.91 Å². The van der Waals surface area contributed by atoms with Crippen LogP contribution in [-0.4, -0.2) is 33.0 Å². The maximum absolute atomic E-state index is 12.1. The first-order chi connectivity index (χ1) is 8.09. The summed E-state index contributed by atoms with van der Waals surface area (Å²) in [7, 11) is 1.76. The van der Waals surface area contributed by atoms with Crippen LogP contribution < -0.4 is 0 Å². The molecule has 0 aliphatic rings. The van der Waals surface area contributed by atoms with Crippen molar-refractivity contribution in [3.8, 4) is 0 Å². The van der Waals surface area contributed by atoms with Crippen LogP contribution in [0.15, 0.2) is 17.5 Å². The summed E-state index contributed by atoms with van der Waals surface area (Å²) >= 11 is 1.63. The second kappa shape index (κ2) is 4.67. The fraction of sp³-hybridized carbons (Fsp3) is 0.364. The van der Waals surface area contributed by atoms with Gasteiger partial charge in [-0.05, 0) is 25.3 Å². The number of carbonyl (C=O) groups is 1. The number of rotatable bonds is 3. The molecule has 0 fully saturated rings. The first-order valence-electron chi connectivity index (χ1n) is 5.29. The molecule has 0 spiro atoms. The van der Waals surface area contributed by atoms with Crippen LogP contribution in [0.3, 0.4) is 0 Å². The van der Waals surface area contributed by atoms with E-state index in [4.69, 9.17) is 0 Å². The molecule has 17 heavy (non-hydrogen) atoms. The van der Waals surface area contributed by atoms with E-state index in [1.165, 1.54) is 0 Å². The first-order valence-corrected chi connectivity index (χ1v) is 6.17. The van der Waals surface area contributed by atoms with Crippen molar-refractivity contribution in [2.24, 2.45) is 0 Å². The van der Waals surface area contributed by atoms with E-state index < -0.39 is 0 Å². The predicted octanol–water partition coefficient (Wildman–Crippen LogP) is 2.01. The quantitative estimate of drug-likeness (QED) is 0.906. The van der Waals surface area contributed by atoms with Gasteiger partial charge in [-0.1, -0.05) is 6.07 Å². The Labute approximate surface area is 103 Å². The van der Waals surface area contributed by atoms with Gasteiger partial charge in [-0.3, -0.25) is 9.89 Å². The van der Waals surface area contributed by atoms with Crippen molar-refractivity contribution < 1.29 is 4.79 Å². The molecule has 90 valence electrons. The molecule has 2 aromatic heterocycles. The molecule has 0 saturated carbocycles. The lowest BCUT2D eigenvalue weighted by atomic mass is 10.2. The van der Waals surface area contributed by atoms with Crippen LogP contribution in [0.4, 0.5) is 0 Å². The third kappa shape index (κ3) is 2.36. The molecule has 0 aliphatic carbocycles. The predicted molar refractivity (Wildman–Crippen MR) is 65.9 cm³/mol. The van der Waals surface area contributed by atoms with Crippen LogP contribution >= 0.6 is 11.3 Å². The van der Waals surface area contributed by atoms with Gasteiger partial charge in [0.05, 0.1) is 6.04 Å². The zero-order valence-electron chi connectivity index (χ0n) is 9.97. The van der Waals surface area contributed by atoms with Crippen LogP contribution in [0.25, 0.3) is 0 Å². The number of aryl methyl sites for hydroxylation is 1. The molecule has 0 bridgehead atoms. The summed E-state index contributed by atoms with van der Waals surface area (Å²) in [6.45, 7) is 3.76. The molecule has 0 radical (unpaired) electrons. The topological polar surface area (TPSA) is 61.9 Å². The lowest BCUT2D eigenvalue weighted by Crippen LogP contribution is -2.30. The van der Waals surface area contributed by atoms with Crippen molar-refractivity contribution in [1.29, 1.82) is 0 Å². The highest BCUT2D eigenvalue weighted by Crippen LogP contribution is 2.24. The number of nitrogens with one attached hydrogen (secondary N) is 1. The third-order valence-corrected chi connectivity index (χ3v) is 3.69. The summed E-state index contributed by atoms with van der Waals surface area (Å²) in [5.41, 5.74) is 0. The van der Waals surface area contributed by atoms with Gasteiger partial charge >= 0.3 is 0 Å². The van der Waals surface area contributed by atoms with Gasteiger partial charge in [-0.25, -0.2) is 4.98 Å². The van der Waals surface area contributed by atoms with Gasteiger partial charge < -0.3 is 4.90 Å². The van der Waals surface area contributed by atoms with Crippen molar-refractivity contribution in [2.45, 2.75) is 19.9 Å². The van der Waals surface area contributed by atoms with E-state index in [0.717, 1.165) is 4.88 Å². The molecule has 2 heterocycles. The van der Waals surface area contributed by atoms with Crippen LogP contribution in [0.5, 0.6) is 0 Å². The van der Waals surface area contributed by atoms with E-state index in [0.29, 0.717) is 5.82 Å². The molecule has 1 unspecified atom stereocenters. The van der Waals surface area contributed by atoms with Crippen molar-refractivity contribution in [3.63, 3.8) is 0 Å². The van der Waals surface area contributed by atoms with Crippen LogP contribution in [0, 0.1) is 6.92 Å². The number of H-pyrrole nitrogens is 1. The Morgan fingerprint density at radius 3 is 2.88 bits per heavy atom. The second-order valence-corrected chi connectivity index (χ2v) is 4.83. The smallest absolute Gasteiger partial charge is 0.293 e. The van der Waals surface area contributed by atoms with Gasteiger partial charge in [0.1, 0.15) is 5.82 Å². The Morgan fingerprint density at radius 1 is 1.59 bits per heavy atom. The summed E-state index contributed by atoms with van der Waals surface area (Å²) in [4.78, 5) is 18.9. The Hall–Kier alpha value is -1.69. The van der Waals surface area contributed by atoms with Gasteiger partial charge in [0, 0.05) is 11.9 Å². The third-order valence-electron chi connectivity index (χ3n) is 2.64. The molecule has 5 nitrogen and oxygen atoms in total. The lowest BCUT2D eigenvalue weighted by Gasteiger charge is -2.22. The van der Waals surface area contributed by atoms with Crippen LogP contribution in [-0.2, 0) is 0 Å². The standard InChI is InChI=1S/C11H14N4OS/c1-7(9-5-4-6-17-9)15(3)11(16)10-12-8(2)13-14-10/h4-7H,1-3H3,(H,12,13,14). The molecule has 6 heteroatoms. The maximum atomic E-state index is 12.1. The molecule has 0 aromatic carbocycles. The van der Waals surface area contributed by atoms with E-state index >= 15 is 0 Å². The first kappa shape index (κ1) is 11.8.